The summed E-state index contributed by atoms with van der Waals surface area (Å²) in [4.78, 5) is 38.2. The van der Waals surface area contributed by atoms with Crippen LogP contribution < -0.4 is 10.1 Å². The van der Waals surface area contributed by atoms with E-state index in [0.717, 1.165) is 4.90 Å². The second-order valence-corrected chi connectivity index (χ2v) is 5.88. The predicted octanol–water partition coefficient (Wildman–Crippen LogP) is 1.56. The predicted molar refractivity (Wildman–Crippen MR) is 96.0 cm³/mol. The van der Waals surface area contributed by atoms with Gasteiger partial charge in [-0.1, -0.05) is 0 Å². The van der Waals surface area contributed by atoms with Crippen molar-refractivity contribution in [1.29, 1.82) is 0 Å². The van der Waals surface area contributed by atoms with Crippen molar-refractivity contribution >= 4 is 29.5 Å². The SMILES string of the molecule is CCNC(=O)CN(CC)C(=O)COC(=O)c1ccc(SC)cc1OC. The third-order valence-corrected chi connectivity index (χ3v) is 4.12. The summed E-state index contributed by atoms with van der Waals surface area (Å²) >= 11 is 1.52. The van der Waals surface area contributed by atoms with Crippen molar-refractivity contribution in [1.82, 2.24) is 10.2 Å². The smallest absolute Gasteiger partial charge is 0.342 e. The van der Waals surface area contributed by atoms with Crippen LogP contribution in [0, 0.1) is 0 Å². The molecule has 1 aromatic carbocycles. The Bertz CT molecular complexity index is 621. The highest BCUT2D eigenvalue weighted by Crippen LogP contribution is 2.25. The van der Waals surface area contributed by atoms with Gasteiger partial charge in [0, 0.05) is 18.0 Å². The number of nitrogens with zero attached hydrogens (tertiary/aromatic N) is 1. The van der Waals surface area contributed by atoms with Crippen LogP contribution in [0.3, 0.4) is 0 Å². The molecule has 0 fully saturated rings. The van der Waals surface area contributed by atoms with Crippen molar-refractivity contribution in [3.05, 3.63) is 23.8 Å². The topological polar surface area (TPSA) is 84.9 Å². The van der Waals surface area contributed by atoms with E-state index < -0.39 is 18.5 Å². The van der Waals surface area contributed by atoms with Crippen LogP contribution >= 0.6 is 11.8 Å². The van der Waals surface area contributed by atoms with E-state index in [-0.39, 0.29) is 18.0 Å². The Hall–Kier alpha value is -2.22. The molecule has 8 heteroatoms. The van der Waals surface area contributed by atoms with Gasteiger partial charge < -0.3 is 19.7 Å². The number of benzene rings is 1. The van der Waals surface area contributed by atoms with Crippen LogP contribution in [0.4, 0.5) is 0 Å². The summed E-state index contributed by atoms with van der Waals surface area (Å²) in [5, 5.41) is 2.62. The van der Waals surface area contributed by atoms with Gasteiger partial charge in [-0.2, -0.15) is 0 Å². The first-order valence-corrected chi connectivity index (χ1v) is 9.12. The number of hydrogen-bond donors (Lipinski definition) is 1. The number of amides is 2. The van der Waals surface area contributed by atoms with Crippen molar-refractivity contribution in [3.63, 3.8) is 0 Å². The second kappa shape index (κ2) is 10.6. The average Bonchev–Trinajstić information content (AvgIpc) is 2.63. The largest absolute Gasteiger partial charge is 0.496 e. The van der Waals surface area contributed by atoms with Gasteiger partial charge in [0.15, 0.2) is 6.61 Å². The fourth-order valence-electron chi connectivity index (χ4n) is 2.07. The van der Waals surface area contributed by atoms with Gasteiger partial charge in [0.1, 0.15) is 11.3 Å². The van der Waals surface area contributed by atoms with E-state index in [1.165, 1.54) is 23.8 Å². The molecule has 0 aliphatic rings. The zero-order valence-corrected chi connectivity index (χ0v) is 15.8. The Kier molecular flexibility index (Phi) is 8.83. The molecule has 0 saturated carbocycles. The summed E-state index contributed by atoms with van der Waals surface area (Å²) in [6.07, 6.45) is 1.92. The monoisotopic (exact) mass is 368 g/mol. The van der Waals surface area contributed by atoms with E-state index >= 15 is 0 Å². The van der Waals surface area contributed by atoms with E-state index in [2.05, 4.69) is 5.32 Å². The third kappa shape index (κ3) is 6.30. The lowest BCUT2D eigenvalue weighted by atomic mass is 10.2. The maximum absolute atomic E-state index is 12.2. The molecule has 1 N–H and O–H groups in total. The van der Waals surface area contributed by atoms with Crippen molar-refractivity contribution in [3.8, 4) is 5.75 Å². The van der Waals surface area contributed by atoms with Gasteiger partial charge in [-0.25, -0.2) is 4.79 Å². The summed E-state index contributed by atoms with van der Waals surface area (Å²) in [5.74, 6) is -0.939. The molecule has 0 bridgehead atoms. The second-order valence-electron chi connectivity index (χ2n) is 5.00. The summed E-state index contributed by atoms with van der Waals surface area (Å²) in [6.45, 7) is 3.90. The van der Waals surface area contributed by atoms with Crippen LogP contribution in [0.2, 0.25) is 0 Å². The number of methoxy groups -OCH3 is 1. The van der Waals surface area contributed by atoms with Gasteiger partial charge >= 0.3 is 5.97 Å². The first-order chi connectivity index (χ1) is 12.0. The summed E-state index contributed by atoms with van der Waals surface area (Å²) in [5.41, 5.74) is 0.250. The molecule has 0 heterocycles. The Balaban J connectivity index is 2.68. The molecule has 0 saturated heterocycles. The van der Waals surface area contributed by atoms with Crippen molar-refractivity contribution in [2.24, 2.45) is 0 Å². The number of carbonyl (C=O) groups excluding carboxylic acids is 3. The Morgan fingerprint density at radius 1 is 1.24 bits per heavy atom. The van der Waals surface area contributed by atoms with Gasteiger partial charge in [0.2, 0.25) is 5.91 Å². The minimum Gasteiger partial charge on any atom is -0.496 e. The zero-order valence-electron chi connectivity index (χ0n) is 15.0. The van der Waals surface area contributed by atoms with E-state index in [4.69, 9.17) is 9.47 Å². The van der Waals surface area contributed by atoms with Crippen LogP contribution in [-0.4, -0.2) is 62.3 Å². The van der Waals surface area contributed by atoms with Crippen LogP contribution in [0.15, 0.2) is 23.1 Å². The lowest BCUT2D eigenvalue weighted by molar-refractivity contribution is -0.138. The molecule has 138 valence electrons. The van der Waals surface area contributed by atoms with Crippen LogP contribution in [-0.2, 0) is 14.3 Å². The Labute approximate surface area is 152 Å². The number of esters is 1. The first kappa shape index (κ1) is 20.8. The highest BCUT2D eigenvalue weighted by molar-refractivity contribution is 7.98. The minimum atomic E-state index is -0.646. The summed E-state index contributed by atoms with van der Waals surface area (Å²) in [7, 11) is 1.46. The van der Waals surface area contributed by atoms with Crippen LogP contribution in [0.25, 0.3) is 0 Å². The molecule has 0 aromatic heterocycles. The fraction of sp³-hybridized carbons (Fsp3) is 0.471. The number of rotatable bonds is 9. The lowest BCUT2D eigenvalue weighted by Crippen LogP contribution is -2.42. The van der Waals surface area contributed by atoms with Gasteiger partial charge in [0.05, 0.1) is 13.7 Å². The lowest BCUT2D eigenvalue weighted by Gasteiger charge is -2.20. The number of likely N-dealkylation sites (N-methyl/N-ethyl adjacent to an activating group) is 2. The molecule has 2 amide bonds. The quantitative estimate of drug-likeness (QED) is 0.526. The fourth-order valence-corrected chi connectivity index (χ4v) is 2.50. The van der Waals surface area contributed by atoms with Crippen molar-refractivity contribution in [2.75, 3.05) is 39.6 Å². The van der Waals surface area contributed by atoms with E-state index in [9.17, 15) is 14.4 Å². The van der Waals surface area contributed by atoms with Crippen LogP contribution in [0.1, 0.15) is 24.2 Å². The highest BCUT2D eigenvalue weighted by atomic mass is 32.2. The van der Waals surface area contributed by atoms with Gasteiger partial charge in [-0.3, -0.25) is 9.59 Å². The molecule has 0 aliphatic carbocycles. The van der Waals surface area contributed by atoms with E-state index in [1.54, 1.807) is 32.0 Å². The molecule has 0 aliphatic heterocycles. The molecular weight excluding hydrogens is 344 g/mol. The number of thioether (sulfide) groups is 1. The number of hydrogen-bond acceptors (Lipinski definition) is 6. The molecule has 25 heavy (non-hydrogen) atoms. The molecule has 0 spiro atoms. The van der Waals surface area contributed by atoms with Crippen molar-refractivity contribution < 1.29 is 23.9 Å². The van der Waals surface area contributed by atoms with Gasteiger partial charge in [0.25, 0.3) is 5.91 Å². The Morgan fingerprint density at radius 2 is 1.96 bits per heavy atom. The minimum absolute atomic E-state index is 0.0630. The summed E-state index contributed by atoms with van der Waals surface area (Å²) in [6, 6.07) is 5.11. The van der Waals surface area contributed by atoms with Crippen molar-refractivity contribution in [2.45, 2.75) is 18.7 Å². The molecule has 7 nitrogen and oxygen atoms in total. The van der Waals surface area contributed by atoms with Gasteiger partial charge in [-0.05, 0) is 38.3 Å². The number of nitrogens with one attached hydrogen (secondary N) is 1. The Morgan fingerprint density at radius 3 is 2.52 bits per heavy atom. The van der Waals surface area contributed by atoms with E-state index in [1.807, 2.05) is 6.26 Å². The zero-order chi connectivity index (χ0) is 18.8. The molecule has 1 rings (SSSR count). The number of ether oxygens (including phenoxy) is 2. The standard InChI is InChI=1S/C17H24N2O5S/c1-5-18-15(20)10-19(6-2)16(21)11-24-17(22)13-8-7-12(25-4)9-14(13)23-3/h7-9H,5-6,10-11H2,1-4H3,(H,18,20). The molecule has 0 radical (unpaired) electrons. The number of carbonyl (C=O) groups is 3. The van der Waals surface area contributed by atoms with E-state index in [0.29, 0.717) is 18.8 Å². The molecule has 0 atom stereocenters. The maximum atomic E-state index is 12.2. The molecule has 1 aromatic rings. The first-order valence-electron chi connectivity index (χ1n) is 7.90. The van der Waals surface area contributed by atoms with Crippen LogP contribution in [0.5, 0.6) is 5.75 Å². The summed E-state index contributed by atoms with van der Waals surface area (Å²) < 4.78 is 10.3. The molecule has 0 unspecified atom stereocenters. The highest BCUT2D eigenvalue weighted by Gasteiger charge is 2.19. The average molecular weight is 368 g/mol. The normalized spacial score (nSPS) is 10.1. The third-order valence-electron chi connectivity index (χ3n) is 3.40. The molecular formula is C17H24N2O5S. The van der Waals surface area contributed by atoms with Gasteiger partial charge in [-0.15, -0.1) is 11.8 Å². The maximum Gasteiger partial charge on any atom is 0.342 e.